The number of nitrogens with zero attached hydrogens (tertiary/aromatic N) is 1. The zero-order valence-corrected chi connectivity index (χ0v) is 16.1. The third-order valence-electron chi connectivity index (χ3n) is 7.24. The summed E-state index contributed by atoms with van der Waals surface area (Å²) >= 11 is 0. The lowest BCUT2D eigenvalue weighted by Gasteiger charge is -2.25. The van der Waals surface area contributed by atoms with Crippen molar-refractivity contribution in [2.24, 2.45) is 35.5 Å². The van der Waals surface area contributed by atoms with Crippen LogP contribution in [0.25, 0.3) is 0 Å². The molecule has 29 heavy (non-hydrogen) atoms. The minimum absolute atomic E-state index is 0.0625. The number of carbonyl (C=O) groups is 3. The number of alkyl halides is 2. The number of fused-ring (bicyclic) bond motifs is 7. The van der Waals surface area contributed by atoms with Gasteiger partial charge in [-0.3, -0.25) is 14.4 Å². The van der Waals surface area contributed by atoms with Crippen molar-refractivity contribution >= 4 is 27.8 Å². The Bertz CT molecular complexity index is 905. The molecule has 1 heterocycles. The van der Waals surface area contributed by atoms with Crippen molar-refractivity contribution in [3.05, 3.63) is 12.2 Å². The van der Waals surface area contributed by atoms with Gasteiger partial charge in [0.1, 0.15) is 0 Å². The Morgan fingerprint density at radius 1 is 1.07 bits per heavy atom. The maximum Gasteiger partial charge on any atom is 0.448 e. The van der Waals surface area contributed by atoms with E-state index in [-0.39, 0.29) is 22.8 Å². The maximum absolute atomic E-state index is 14.5. The predicted molar refractivity (Wildman–Crippen MR) is 91.9 cm³/mol. The van der Waals surface area contributed by atoms with Gasteiger partial charge >= 0.3 is 21.3 Å². The number of hydrogen-bond acceptors (Lipinski definition) is 6. The molecule has 7 atom stereocenters. The first kappa shape index (κ1) is 19.1. The molecule has 158 valence electrons. The first-order chi connectivity index (χ1) is 13.6. The van der Waals surface area contributed by atoms with Crippen molar-refractivity contribution in [1.29, 1.82) is 0 Å². The topological polar surface area (TPSA) is 110 Å². The average molecular weight is 430 g/mol. The molecule has 0 aromatic carbocycles. The standard InChI is InChI=1S/C18H20F2N2O6S/c19-18(20,17(25)21-12-6-8-1-2-9(12)5-8)29(26,27)28-22-15(23)13-10-3-4-11(7-10)14(13)16(22)24/h3-4,8-14H,1-2,5-7H2,(H,21,25). The number of rotatable bonds is 5. The highest BCUT2D eigenvalue weighted by molar-refractivity contribution is 7.88. The number of allylic oxidation sites excluding steroid dienone is 2. The van der Waals surface area contributed by atoms with Crippen LogP contribution in [-0.4, -0.2) is 42.5 Å². The van der Waals surface area contributed by atoms with E-state index >= 15 is 0 Å². The highest BCUT2D eigenvalue weighted by Crippen LogP contribution is 2.53. The van der Waals surface area contributed by atoms with E-state index in [4.69, 9.17) is 0 Å². The minimum Gasteiger partial charge on any atom is -0.347 e. The SMILES string of the molecule is O=C1C2C3C=CC(C3)C2C(=O)N1OS(=O)(=O)C(F)(F)C(=O)NC1CC2CCC1C2. The first-order valence-electron chi connectivity index (χ1n) is 9.79. The second-order valence-corrected chi connectivity index (χ2v) is 10.3. The third kappa shape index (κ3) is 2.62. The summed E-state index contributed by atoms with van der Waals surface area (Å²) in [7, 11) is -5.89. The zero-order chi connectivity index (χ0) is 20.7. The number of amides is 3. The zero-order valence-electron chi connectivity index (χ0n) is 15.3. The quantitative estimate of drug-likeness (QED) is 0.514. The Kier molecular flexibility index (Phi) is 4.00. The Hall–Kier alpha value is -1.88. The fraction of sp³-hybridized carbons (Fsp3) is 0.722. The van der Waals surface area contributed by atoms with Gasteiger partial charge in [0.2, 0.25) is 0 Å². The van der Waals surface area contributed by atoms with Crippen LogP contribution in [0.15, 0.2) is 12.2 Å². The van der Waals surface area contributed by atoms with E-state index in [1.165, 1.54) is 0 Å². The summed E-state index contributed by atoms with van der Waals surface area (Å²) < 4.78 is 57.6. The van der Waals surface area contributed by atoms with E-state index in [1.54, 1.807) is 12.2 Å². The Morgan fingerprint density at radius 3 is 2.21 bits per heavy atom. The van der Waals surface area contributed by atoms with Crippen LogP contribution in [-0.2, 0) is 28.8 Å². The smallest absolute Gasteiger partial charge is 0.347 e. The Morgan fingerprint density at radius 2 is 1.69 bits per heavy atom. The van der Waals surface area contributed by atoms with E-state index in [9.17, 15) is 31.6 Å². The fourth-order valence-corrected chi connectivity index (χ4v) is 6.60. The van der Waals surface area contributed by atoms with E-state index in [0.29, 0.717) is 18.8 Å². The molecule has 1 aliphatic heterocycles. The molecule has 7 unspecified atom stereocenters. The van der Waals surface area contributed by atoms with Gasteiger partial charge in [0, 0.05) is 6.04 Å². The molecule has 5 aliphatic rings. The molecule has 0 radical (unpaired) electrons. The summed E-state index contributed by atoms with van der Waals surface area (Å²) in [6.45, 7) is 0. The normalized spacial score (nSPS) is 40.2. The minimum atomic E-state index is -5.89. The second kappa shape index (κ2) is 6.07. The van der Waals surface area contributed by atoms with Gasteiger partial charge in [-0.25, -0.2) is 0 Å². The molecule has 11 heteroatoms. The van der Waals surface area contributed by atoms with Gasteiger partial charge in [0.25, 0.3) is 11.8 Å². The van der Waals surface area contributed by atoms with Gasteiger partial charge in [-0.05, 0) is 49.4 Å². The van der Waals surface area contributed by atoms with Crippen LogP contribution in [0.2, 0.25) is 0 Å². The summed E-state index contributed by atoms with van der Waals surface area (Å²) in [5, 5.41) is -2.89. The van der Waals surface area contributed by atoms with Crippen molar-refractivity contribution in [2.75, 3.05) is 0 Å². The van der Waals surface area contributed by atoms with Crippen LogP contribution in [0.3, 0.4) is 0 Å². The molecular weight excluding hydrogens is 410 g/mol. The molecular formula is C18H20F2N2O6S. The van der Waals surface area contributed by atoms with Gasteiger partial charge in [-0.2, -0.15) is 17.2 Å². The van der Waals surface area contributed by atoms with E-state index < -0.39 is 51.0 Å². The number of hydroxylamine groups is 2. The van der Waals surface area contributed by atoms with Crippen molar-refractivity contribution < 1.29 is 35.9 Å². The summed E-state index contributed by atoms with van der Waals surface area (Å²) in [4.78, 5) is 37.0. The number of nitrogens with one attached hydrogen (secondary N) is 1. The molecule has 4 fully saturated rings. The number of hydrogen-bond donors (Lipinski definition) is 1. The highest BCUT2D eigenvalue weighted by atomic mass is 32.2. The first-order valence-corrected chi connectivity index (χ1v) is 11.2. The van der Waals surface area contributed by atoms with E-state index in [1.807, 2.05) is 0 Å². The Labute approximate surface area is 165 Å². The molecule has 3 amide bonds. The summed E-state index contributed by atoms with van der Waals surface area (Å²) in [5.41, 5.74) is 0. The van der Waals surface area contributed by atoms with Crippen LogP contribution in [0, 0.1) is 35.5 Å². The molecule has 4 aliphatic carbocycles. The second-order valence-electron chi connectivity index (χ2n) is 8.77. The van der Waals surface area contributed by atoms with Gasteiger partial charge in [-0.1, -0.05) is 18.6 Å². The lowest BCUT2D eigenvalue weighted by Crippen LogP contribution is -2.52. The van der Waals surface area contributed by atoms with Gasteiger partial charge < -0.3 is 5.32 Å². The number of halogens is 2. The van der Waals surface area contributed by atoms with Crippen LogP contribution in [0.4, 0.5) is 8.78 Å². The van der Waals surface area contributed by atoms with Gasteiger partial charge in [0.05, 0.1) is 11.8 Å². The molecule has 8 nitrogen and oxygen atoms in total. The number of imide groups is 1. The van der Waals surface area contributed by atoms with Crippen molar-refractivity contribution in [2.45, 2.75) is 43.4 Å². The third-order valence-corrected chi connectivity index (χ3v) is 8.39. The van der Waals surface area contributed by atoms with Crippen LogP contribution in [0.1, 0.15) is 32.1 Å². The average Bonchev–Trinajstić information content (AvgIpc) is 3.46. The predicted octanol–water partition coefficient (Wildman–Crippen LogP) is 0.952. The molecule has 1 N–H and O–H groups in total. The van der Waals surface area contributed by atoms with Crippen LogP contribution < -0.4 is 5.32 Å². The summed E-state index contributed by atoms with van der Waals surface area (Å²) in [6.07, 6.45) is 7.28. The summed E-state index contributed by atoms with van der Waals surface area (Å²) in [5.74, 6) is -5.56. The number of carbonyl (C=O) groups excluding carboxylic acids is 3. The monoisotopic (exact) mass is 430 g/mol. The van der Waals surface area contributed by atoms with Crippen molar-refractivity contribution in [3.8, 4) is 0 Å². The van der Waals surface area contributed by atoms with Crippen molar-refractivity contribution in [1.82, 2.24) is 10.4 Å². The lowest BCUT2D eigenvalue weighted by molar-refractivity contribution is -0.168. The summed E-state index contributed by atoms with van der Waals surface area (Å²) in [6, 6.07) is -0.501. The fourth-order valence-electron chi connectivity index (χ4n) is 5.88. The lowest BCUT2D eigenvalue weighted by atomic mass is 9.85. The van der Waals surface area contributed by atoms with Crippen LogP contribution in [0.5, 0.6) is 0 Å². The molecule has 0 aromatic heterocycles. The van der Waals surface area contributed by atoms with Crippen molar-refractivity contribution in [3.63, 3.8) is 0 Å². The molecule has 0 aromatic rings. The molecule has 5 rings (SSSR count). The van der Waals surface area contributed by atoms with E-state index in [2.05, 4.69) is 9.60 Å². The molecule has 1 saturated heterocycles. The molecule has 0 spiro atoms. The van der Waals surface area contributed by atoms with Crippen LogP contribution >= 0.6 is 0 Å². The molecule has 3 saturated carbocycles. The Balaban J connectivity index is 1.31. The van der Waals surface area contributed by atoms with Gasteiger partial charge in [0.15, 0.2) is 0 Å². The maximum atomic E-state index is 14.5. The highest BCUT2D eigenvalue weighted by Gasteiger charge is 2.63. The van der Waals surface area contributed by atoms with E-state index in [0.717, 1.165) is 19.3 Å². The van der Waals surface area contributed by atoms with Gasteiger partial charge in [-0.15, -0.1) is 9.35 Å². The molecule has 4 bridgehead atoms. The largest absolute Gasteiger partial charge is 0.448 e.